The van der Waals surface area contributed by atoms with Gasteiger partial charge >= 0.3 is 0 Å². The van der Waals surface area contributed by atoms with Crippen LogP contribution in [0.4, 0.5) is 0 Å². The van der Waals surface area contributed by atoms with Crippen molar-refractivity contribution in [3.63, 3.8) is 0 Å². The van der Waals surface area contributed by atoms with E-state index < -0.39 is 0 Å². The third-order valence-corrected chi connectivity index (χ3v) is 2.91. The van der Waals surface area contributed by atoms with Crippen LogP contribution in [0.5, 0.6) is 0 Å². The first-order valence-electron chi connectivity index (χ1n) is 4.75. The Hall–Kier alpha value is -0.570. The van der Waals surface area contributed by atoms with Crippen molar-refractivity contribution in [3.05, 3.63) is 0 Å². The number of hydrogen-bond acceptors (Lipinski definition) is 2. The van der Waals surface area contributed by atoms with Crippen LogP contribution in [-0.4, -0.2) is 48.4 Å². The van der Waals surface area contributed by atoms with Crippen LogP contribution in [0.3, 0.4) is 0 Å². The quantitative estimate of drug-likeness (QED) is 0.520. The fourth-order valence-corrected chi connectivity index (χ4v) is 2.25. The largest absolute Gasteiger partial charge is 0.338 e. The van der Waals surface area contributed by atoms with Crippen molar-refractivity contribution in [1.82, 2.24) is 9.80 Å². The van der Waals surface area contributed by atoms with E-state index in [0.29, 0.717) is 11.9 Å². The Labute approximate surface area is 73.3 Å². The molecule has 0 bridgehead atoms. The van der Waals surface area contributed by atoms with Crippen molar-refractivity contribution in [2.75, 3.05) is 26.7 Å². The molecule has 0 saturated carbocycles. The molecule has 12 heavy (non-hydrogen) atoms. The Morgan fingerprint density at radius 2 is 2.25 bits per heavy atom. The average molecular weight is 168 g/mol. The second kappa shape index (κ2) is 3.05. The van der Waals surface area contributed by atoms with Crippen molar-refractivity contribution in [1.29, 1.82) is 0 Å². The van der Waals surface area contributed by atoms with Gasteiger partial charge in [-0.25, -0.2) is 0 Å². The van der Waals surface area contributed by atoms with Crippen LogP contribution in [0.15, 0.2) is 0 Å². The number of hydrogen-bond donors (Lipinski definition) is 0. The first kappa shape index (κ1) is 8.05. The topological polar surface area (TPSA) is 23.6 Å². The Kier molecular flexibility index (Phi) is 2.05. The van der Waals surface area contributed by atoms with Crippen molar-refractivity contribution < 1.29 is 4.79 Å². The van der Waals surface area contributed by atoms with Crippen LogP contribution in [0.2, 0.25) is 0 Å². The van der Waals surface area contributed by atoms with Crippen LogP contribution < -0.4 is 0 Å². The summed E-state index contributed by atoms with van der Waals surface area (Å²) >= 11 is 0. The minimum atomic E-state index is 0.371. The summed E-state index contributed by atoms with van der Waals surface area (Å²) in [5.74, 6) is 0.371. The van der Waals surface area contributed by atoms with Crippen LogP contribution in [0, 0.1) is 0 Å². The Balaban J connectivity index is 2.07. The summed E-state index contributed by atoms with van der Waals surface area (Å²) in [5.41, 5.74) is 0. The van der Waals surface area contributed by atoms with E-state index in [-0.39, 0.29) is 0 Å². The first-order chi connectivity index (χ1) is 5.77. The lowest BCUT2D eigenvalue weighted by atomic mass is 10.2. The molecule has 2 heterocycles. The van der Waals surface area contributed by atoms with E-state index in [1.54, 1.807) is 0 Å². The van der Waals surface area contributed by atoms with Crippen LogP contribution in [0.1, 0.15) is 19.3 Å². The molecule has 2 aliphatic rings. The summed E-state index contributed by atoms with van der Waals surface area (Å²) in [6.45, 7) is 3.19. The Morgan fingerprint density at radius 3 is 3.08 bits per heavy atom. The highest BCUT2D eigenvalue weighted by atomic mass is 16.2. The van der Waals surface area contributed by atoms with Gasteiger partial charge in [0.05, 0.1) is 0 Å². The fourth-order valence-electron chi connectivity index (χ4n) is 2.25. The average Bonchev–Trinajstić information content (AvgIpc) is 2.31. The van der Waals surface area contributed by atoms with E-state index in [1.165, 1.54) is 0 Å². The molecule has 2 aliphatic heterocycles. The molecular weight excluding hydrogens is 152 g/mol. The molecule has 3 nitrogen and oxygen atoms in total. The second-order valence-electron chi connectivity index (χ2n) is 3.90. The molecule has 2 rings (SSSR count). The molecule has 0 aromatic rings. The molecule has 1 atom stereocenters. The molecule has 0 spiro atoms. The molecule has 0 aromatic carbocycles. The number of amides is 1. The fraction of sp³-hybridized carbons (Fsp3) is 0.889. The number of nitrogens with zero attached hydrogens (tertiary/aromatic N) is 2. The minimum Gasteiger partial charge on any atom is -0.338 e. The van der Waals surface area contributed by atoms with Gasteiger partial charge in [0.2, 0.25) is 5.91 Å². The molecule has 0 N–H and O–H groups in total. The van der Waals surface area contributed by atoms with Crippen LogP contribution in [0.25, 0.3) is 0 Å². The molecule has 2 saturated heterocycles. The number of carbonyl (C=O) groups is 1. The smallest absolute Gasteiger partial charge is 0.222 e. The van der Waals surface area contributed by atoms with Gasteiger partial charge in [0.1, 0.15) is 0 Å². The van der Waals surface area contributed by atoms with Gasteiger partial charge in [0.15, 0.2) is 0 Å². The van der Waals surface area contributed by atoms with Gasteiger partial charge in [-0.3, -0.25) is 4.79 Å². The molecule has 68 valence electrons. The molecule has 0 aliphatic carbocycles. The predicted octanol–water partition coefficient (Wildman–Crippen LogP) is 0.313. The van der Waals surface area contributed by atoms with E-state index in [0.717, 1.165) is 38.9 Å². The lowest BCUT2D eigenvalue weighted by Gasteiger charge is -2.23. The second-order valence-corrected chi connectivity index (χ2v) is 3.90. The highest BCUT2D eigenvalue weighted by Crippen LogP contribution is 2.21. The predicted molar refractivity (Wildman–Crippen MR) is 46.8 cm³/mol. The van der Waals surface area contributed by atoms with E-state index in [9.17, 15) is 4.79 Å². The zero-order valence-electron chi connectivity index (χ0n) is 7.62. The molecule has 3 heteroatoms. The lowest BCUT2D eigenvalue weighted by molar-refractivity contribution is -0.128. The maximum Gasteiger partial charge on any atom is 0.222 e. The first-order valence-corrected chi connectivity index (χ1v) is 4.75. The highest BCUT2D eigenvalue weighted by Gasteiger charge is 2.32. The number of fused-ring (bicyclic) bond motifs is 1. The molecular formula is C9H16N2O. The SMILES string of the molecule is CN1CCCN2C(=O)CCC2C1. The van der Waals surface area contributed by atoms with Gasteiger partial charge in [-0.1, -0.05) is 0 Å². The normalized spacial score (nSPS) is 31.9. The van der Waals surface area contributed by atoms with E-state index in [4.69, 9.17) is 0 Å². The highest BCUT2D eigenvalue weighted by molar-refractivity contribution is 5.78. The Morgan fingerprint density at radius 1 is 1.42 bits per heavy atom. The summed E-state index contributed by atoms with van der Waals surface area (Å²) in [6, 6.07) is 0.519. The Bertz CT molecular complexity index is 193. The van der Waals surface area contributed by atoms with Crippen LogP contribution >= 0.6 is 0 Å². The number of carbonyl (C=O) groups excluding carboxylic acids is 1. The summed E-state index contributed by atoms with van der Waals surface area (Å²) in [6.07, 6.45) is 2.99. The zero-order chi connectivity index (χ0) is 8.55. The molecule has 0 radical (unpaired) electrons. The van der Waals surface area contributed by atoms with E-state index in [2.05, 4.69) is 16.8 Å². The summed E-state index contributed by atoms with van der Waals surface area (Å²) in [4.78, 5) is 15.8. The monoisotopic (exact) mass is 168 g/mol. The van der Waals surface area contributed by atoms with Crippen molar-refractivity contribution in [3.8, 4) is 0 Å². The van der Waals surface area contributed by atoms with Gasteiger partial charge in [-0.2, -0.15) is 0 Å². The zero-order valence-corrected chi connectivity index (χ0v) is 7.62. The molecule has 1 amide bonds. The number of rotatable bonds is 0. The summed E-state index contributed by atoms with van der Waals surface area (Å²) in [7, 11) is 2.15. The van der Waals surface area contributed by atoms with Gasteiger partial charge in [0.25, 0.3) is 0 Å². The summed E-state index contributed by atoms with van der Waals surface area (Å²) in [5, 5.41) is 0. The molecule has 1 unspecified atom stereocenters. The third kappa shape index (κ3) is 1.33. The summed E-state index contributed by atoms with van der Waals surface area (Å²) < 4.78 is 0. The number of likely N-dealkylation sites (N-methyl/N-ethyl adjacent to an activating group) is 1. The standard InChI is InChI=1S/C9H16N2O/c1-10-5-2-6-11-8(7-10)3-4-9(11)12/h8H,2-7H2,1H3. The molecule has 0 aromatic heterocycles. The molecule has 2 fully saturated rings. The van der Waals surface area contributed by atoms with Gasteiger partial charge in [-0.15, -0.1) is 0 Å². The van der Waals surface area contributed by atoms with E-state index in [1.807, 2.05) is 0 Å². The van der Waals surface area contributed by atoms with Gasteiger partial charge in [0, 0.05) is 25.6 Å². The lowest BCUT2D eigenvalue weighted by Crippen LogP contribution is -2.37. The van der Waals surface area contributed by atoms with E-state index >= 15 is 0 Å². The van der Waals surface area contributed by atoms with Crippen molar-refractivity contribution in [2.45, 2.75) is 25.3 Å². The van der Waals surface area contributed by atoms with Gasteiger partial charge in [-0.05, 0) is 26.4 Å². The minimum absolute atomic E-state index is 0.371. The maximum atomic E-state index is 11.4. The van der Waals surface area contributed by atoms with Crippen molar-refractivity contribution in [2.24, 2.45) is 0 Å². The van der Waals surface area contributed by atoms with Gasteiger partial charge < -0.3 is 9.80 Å². The maximum absolute atomic E-state index is 11.4. The van der Waals surface area contributed by atoms with Crippen LogP contribution in [-0.2, 0) is 4.79 Å². The third-order valence-electron chi connectivity index (χ3n) is 2.91. The van der Waals surface area contributed by atoms with Crippen molar-refractivity contribution >= 4 is 5.91 Å².